The number of rotatable bonds is 7. The lowest BCUT2D eigenvalue weighted by molar-refractivity contribution is 0.753. The maximum Gasteiger partial charge on any atom is 0.225 e. The Bertz CT molecular complexity index is 902. The number of hydrazine groups is 1. The maximum atomic E-state index is 6.21. The first-order valence-electron chi connectivity index (χ1n) is 8.73. The fourth-order valence-electron chi connectivity index (χ4n) is 2.38. The highest BCUT2D eigenvalue weighted by Crippen LogP contribution is 2.26. The lowest BCUT2D eigenvalue weighted by atomic mass is 10.1. The fraction of sp³-hybridized carbons (Fsp3) is 0.200. The third-order valence-corrected chi connectivity index (χ3v) is 4.59. The predicted octanol–water partition coefficient (Wildman–Crippen LogP) is 6.10. The molecule has 1 heterocycles. The van der Waals surface area contributed by atoms with Crippen LogP contribution in [0.2, 0.25) is 10.0 Å². The van der Waals surface area contributed by atoms with Crippen molar-refractivity contribution in [3.63, 3.8) is 0 Å². The molecule has 5 nitrogen and oxygen atoms in total. The molecule has 0 spiro atoms. The number of benzene rings is 2. The molecule has 0 aliphatic heterocycles. The van der Waals surface area contributed by atoms with Gasteiger partial charge in [-0.15, -0.1) is 0 Å². The van der Waals surface area contributed by atoms with Crippen molar-refractivity contribution in [3.8, 4) is 11.3 Å². The van der Waals surface area contributed by atoms with Crippen LogP contribution in [0, 0.1) is 0 Å². The average molecular weight is 402 g/mol. The topological polar surface area (TPSA) is 61.9 Å². The Morgan fingerprint density at radius 2 is 1.74 bits per heavy atom. The number of hydrogen-bond donors (Lipinski definition) is 3. The van der Waals surface area contributed by atoms with Gasteiger partial charge in [-0.2, -0.15) is 4.98 Å². The Balaban J connectivity index is 1.87. The predicted molar refractivity (Wildman–Crippen MR) is 115 cm³/mol. The summed E-state index contributed by atoms with van der Waals surface area (Å²) in [6.45, 7) is 4.21. The summed E-state index contributed by atoms with van der Waals surface area (Å²) < 4.78 is 0. The van der Waals surface area contributed by atoms with Gasteiger partial charge in [0.05, 0.1) is 16.4 Å². The van der Waals surface area contributed by atoms with Crippen LogP contribution >= 0.6 is 23.2 Å². The van der Waals surface area contributed by atoms with Crippen molar-refractivity contribution >= 4 is 40.7 Å². The molecule has 0 unspecified atom stereocenters. The second kappa shape index (κ2) is 8.93. The van der Waals surface area contributed by atoms with Crippen molar-refractivity contribution in [2.24, 2.45) is 0 Å². The standard InChI is InChI=1S/C20H21Cl2N5/c1-3-13(2)23-20-24-18(14-7-5-4-6-8-14)12-19(25-20)27-26-17-10-9-15(21)11-16(17)22/h4-13,26H,3H2,1-2H3,(H2,23,24,25,27)/t13-/m1/s1. The molecule has 27 heavy (non-hydrogen) atoms. The summed E-state index contributed by atoms with van der Waals surface area (Å²) in [5.41, 5.74) is 8.71. The third-order valence-electron chi connectivity index (χ3n) is 4.04. The van der Waals surface area contributed by atoms with Crippen LogP contribution in [0.5, 0.6) is 0 Å². The van der Waals surface area contributed by atoms with Crippen LogP contribution < -0.4 is 16.2 Å². The Hall–Kier alpha value is -2.50. The first-order valence-corrected chi connectivity index (χ1v) is 9.49. The summed E-state index contributed by atoms with van der Waals surface area (Å²) in [6, 6.07) is 17.4. The van der Waals surface area contributed by atoms with Crippen molar-refractivity contribution in [3.05, 3.63) is 64.6 Å². The first kappa shape index (κ1) is 19.3. The normalized spacial score (nSPS) is 11.7. The minimum atomic E-state index is 0.266. The van der Waals surface area contributed by atoms with Crippen molar-refractivity contribution in [1.29, 1.82) is 0 Å². The molecule has 0 saturated carbocycles. The molecule has 140 valence electrons. The maximum absolute atomic E-state index is 6.21. The Morgan fingerprint density at radius 3 is 2.44 bits per heavy atom. The number of nitrogens with zero attached hydrogens (tertiary/aromatic N) is 2. The highest BCUT2D eigenvalue weighted by atomic mass is 35.5. The molecule has 0 saturated heterocycles. The van der Waals surface area contributed by atoms with Crippen LogP contribution in [-0.4, -0.2) is 16.0 Å². The smallest absolute Gasteiger partial charge is 0.225 e. The zero-order valence-electron chi connectivity index (χ0n) is 15.1. The molecule has 0 aliphatic carbocycles. The minimum absolute atomic E-state index is 0.266. The van der Waals surface area contributed by atoms with Gasteiger partial charge in [-0.3, -0.25) is 10.9 Å². The molecule has 3 N–H and O–H groups in total. The highest BCUT2D eigenvalue weighted by molar-refractivity contribution is 6.36. The Labute approximate surface area is 169 Å². The SMILES string of the molecule is CC[C@@H](C)Nc1nc(NNc2ccc(Cl)cc2Cl)cc(-c2ccccc2)n1. The summed E-state index contributed by atoms with van der Waals surface area (Å²) in [7, 11) is 0. The Morgan fingerprint density at radius 1 is 0.963 bits per heavy atom. The Kier molecular flexibility index (Phi) is 6.37. The molecular formula is C20H21Cl2N5. The quantitative estimate of drug-likeness (QED) is 0.417. The van der Waals surface area contributed by atoms with Gasteiger partial charge < -0.3 is 5.32 Å². The van der Waals surface area contributed by atoms with Crippen LogP contribution in [0.25, 0.3) is 11.3 Å². The molecule has 0 aliphatic rings. The molecule has 0 amide bonds. The van der Waals surface area contributed by atoms with Crippen LogP contribution in [0.4, 0.5) is 17.5 Å². The van der Waals surface area contributed by atoms with Gasteiger partial charge in [0.1, 0.15) is 0 Å². The van der Waals surface area contributed by atoms with Crippen molar-refractivity contribution in [2.75, 3.05) is 16.2 Å². The van der Waals surface area contributed by atoms with Crippen LogP contribution in [0.3, 0.4) is 0 Å². The van der Waals surface area contributed by atoms with Gasteiger partial charge in [-0.25, -0.2) is 4.98 Å². The summed E-state index contributed by atoms with van der Waals surface area (Å²) in [6.07, 6.45) is 0.973. The number of anilines is 3. The second-order valence-electron chi connectivity index (χ2n) is 6.16. The zero-order valence-corrected chi connectivity index (χ0v) is 16.6. The van der Waals surface area contributed by atoms with E-state index in [1.807, 2.05) is 36.4 Å². The average Bonchev–Trinajstić information content (AvgIpc) is 2.67. The largest absolute Gasteiger partial charge is 0.352 e. The van der Waals surface area contributed by atoms with E-state index >= 15 is 0 Å². The number of nitrogens with one attached hydrogen (secondary N) is 3. The molecule has 0 radical (unpaired) electrons. The van der Waals surface area contributed by atoms with Gasteiger partial charge in [-0.05, 0) is 31.5 Å². The van der Waals surface area contributed by atoms with Gasteiger partial charge in [-0.1, -0.05) is 60.5 Å². The fourth-order valence-corrected chi connectivity index (χ4v) is 2.83. The van der Waals surface area contributed by atoms with Crippen molar-refractivity contribution in [2.45, 2.75) is 26.3 Å². The van der Waals surface area contributed by atoms with Crippen molar-refractivity contribution < 1.29 is 0 Å². The summed E-state index contributed by atoms with van der Waals surface area (Å²) in [5, 5.41) is 4.43. The van der Waals surface area contributed by atoms with Gasteiger partial charge >= 0.3 is 0 Å². The summed E-state index contributed by atoms with van der Waals surface area (Å²) in [4.78, 5) is 9.19. The monoisotopic (exact) mass is 401 g/mol. The number of hydrogen-bond acceptors (Lipinski definition) is 5. The molecule has 3 aromatic rings. The lowest BCUT2D eigenvalue weighted by Gasteiger charge is -2.15. The molecule has 1 aromatic heterocycles. The molecule has 0 fully saturated rings. The van der Waals surface area contributed by atoms with Gasteiger partial charge in [0.2, 0.25) is 5.95 Å². The summed E-state index contributed by atoms with van der Waals surface area (Å²) >= 11 is 12.2. The molecular weight excluding hydrogens is 381 g/mol. The van der Waals surface area contributed by atoms with E-state index in [1.165, 1.54) is 0 Å². The van der Waals surface area contributed by atoms with Crippen LogP contribution in [-0.2, 0) is 0 Å². The van der Waals surface area contributed by atoms with E-state index in [2.05, 4.69) is 40.0 Å². The van der Waals surface area contributed by atoms with Gasteiger partial charge in [0.25, 0.3) is 0 Å². The molecule has 2 aromatic carbocycles. The molecule has 7 heteroatoms. The lowest BCUT2D eigenvalue weighted by Crippen LogP contribution is -2.17. The van der Waals surface area contributed by atoms with E-state index in [9.17, 15) is 0 Å². The van der Waals surface area contributed by atoms with Crippen LogP contribution in [0.15, 0.2) is 54.6 Å². The first-order chi connectivity index (χ1) is 13.0. The van der Waals surface area contributed by atoms with E-state index in [4.69, 9.17) is 23.2 Å². The number of halogens is 2. The van der Waals surface area contributed by atoms with Crippen LogP contribution in [0.1, 0.15) is 20.3 Å². The van der Waals surface area contributed by atoms with E-state index in [-0.39, 0.29) is 6.04 Å². The highest BCUT2D eigenvalue weighted by Gasteiger charge is 2.09. The van der Waals surface area contributed by atoms with E-state index < -0.39 is 0 Å². The second-order valence-corrected chi connectivity index (χ2v) is 7.00. The summed E-state index contributed by atoms with van der Waals surface area (Å²) in [5.74, 6) is 1.19. The van der Waals surface area contributed by atoms with Crippen molar-refractivity contribution in [1.82, 2.24) is 9.97 Å². The zero-order chi connectivity index (χ0) is 19.2. The van der Waals surface area contributed by atoms with E-state index in [0.29, 0.717) is 27.5 Å². The van der Waals surface area contributed by atoms with Gasteiger partial charge in [0.15, 0.2) is 5.82 Å². The number of aromatic nitrogens is 2. The van der Waals surface area contributed by atoms with Gasteiger partial charge in [0, 0.05) is 22.7 Å². The van der Waals surface area contributed by atoms with E-state index in [0.717, 1.165) is 17.7 Å². The third kappa shape index (κ3) is 5.25. The molecule has 3 rings (SSSR count). The van der Waals surface area contributed by atoms with E-state index in [1.54, 1.807) is 18.2 Å². The molecule has 1 atom stereocenters. The molecule has 0 bridgehead atoms. The minimum Gasteiger partial charge on any atom is -0.352 e.